The lowest BCUT2D eigenvalue weighted by atomic mass is 9.79. The molecule has 29 heavy (non-hydrogen) atoms. The number of hydrogen-bond donors (Lipinski definition) is 1. The number of amides is 2. The summed E-state index contributed by atoms with van der Waals surface area (Å²) in [6.07, 6.45) is 1.57. The van der Waals surface area contributed by atoms with Gasteiger partial charge in [-0.05, 0) is 41.5 Å². The lowest BCUT2D eigenvalue weighted by Gasteiger charge is -2.39. The minimum absolute atomic E-state index is 0.100. The predicted molar refractivity (Wildman–Crippen MR) is 108 cm³/mol. The van der Waals surface area contributed by atoms with E-state index in [2.05, 4.69) is 5.32 Å². The van der Waals surface area contributed by atoms with Crippen molar-refractivity contribution in [2.75, 3.05) is 14.2 Å². The van der Waals surface area contributed by atoms with Gasteiger partial charge < -0.3 is 19.4 Å². The van der Waals surface area contributed by atoms with E-state index in [0.717, 1.165) is 16.9 Å². The van der Waals surface area contributed by atoms with Crippen LogP contribution in [0.15, 0.2) is 71.3 Å². The maximum atomic E-state index is 13.3. The first-order valence-electron chi connectivity index (χ1n) is 9.40. The van der Waals surface area contributed by atoms with Crippen LogP contribution in [0.25, 0.3) is 0 Å². The Kier molecular flexibility index (Phi) is 5.08. The van der Waals surface area contributed by atoms with Crippen molar-refractivity contribution < 1.29 is 18.7 Å². The van der Waals surface area contributed by atoms with Crippen LogP contribution in [0, 0.1) is 0 Å². The summed E-state index contributed by atoms with van der Waals surface area (Å²) >= 11 is 0. The van der Waals surface area contributed by atoms with Crippen LogP contribution in [0.4, 0.5) is 0 Å². The van der Waals surface area contributed by atoms with Crippen LogP contribution in [0.5, 0.6) is 5.75 Å². The molecule has 1 aliphatic heterocycles. The molecule has 6 heteroatoms. The molecule has 0 saturated carbocycles. The van der Waals surface area contributed by atoms with Crippen molar-refractivity contribution >= 4 is 11.8 Å². The lowest BCUT2D eigenvalue weighted by Crippen LogP contribution is -2.45. The highest BCUT2D eigenvalue weighted by Gasteiger charge is 2.42. The summed E-state index contributed by atoms with van der Waals surface area (Å²) in [6.45, 7) is 0.289. The molecule has 4 rings (SSSR count). The van der Waals surface area contributed by atoms with Crippen molar-refractivity contribution in [3.63, 3.8) is 0 Å². The van der Waals surface area contributed by atoms with Gasteiger partial charge in [0.05, 0.1) is 31.9 Å². The Morgan fingerprint density at radius 3 is 2.55 bits per heavy atom. The standard InChI is InChI=1S/C23H22N2O4/c1-25-21(15-9-11-16(28-2)12-10-15)20(18-7-3-4-8-19(18)23(25)27)22(26)24-14-17-6-5-13-29-17/h3-13,20-21H,14H2,1-2H3,(H,24,26)/t20-,21-/m0/s1. The molecule has 1 aromatic heterocycles. The number of benzene rings is 2. The van der Waals surface area contributed by atoms with Crippen molar-refractivity contribution in [2.24, 2.45) is 0 Å². The summed E-state index contributed by atoms with van der Waals surface area (Å²) in [6, 6.07) is 17.9. The fourth-order valence-corrected chi connectivity index (χ4v) is 3.87. The minimum Gasteiger partial charge on any atom is -0.497 e. The minimum atomic E-state index is -0.544. The van der Waals surface area contributed by atoms with Gasteiger partial charge in [-0.1, -0.05) is 30.3 Å². The van der Waals surface area contributed by atoms with E-state index in [1.54, 1.807) is 37.5 Å². The smallest absolute Gasteiger partial charge is 0.254 e. The Bertz CT molecular complexity index is 1010. The van der Waals surface area contributed by atoms with Crippen LogP contribution in [-0.2, 0) is 11.3 Å². The number of carbonyl (C=O) groups excluding carboxylic acids is 2. The third kappa shape index (κ3) is 3.49. The van der Waals surface area contributed by atoms with Gasteiger partial charge in [-0.2, -0.15) is 0 Å². The van der Waals surface area contributed by atoms with Crippen LogP contribution in [0.2, 0.25) is 0 Å². The van der Waals surface area contributed by atoms with Crippen LogP contribution in [-0.4, -0.2) is 30.9 Å². The number of carbonyl (C=O) groups is 2. The maximum absolute atomic E-state index is 13.3. The van der Waals surface area contributed by atoms with Gasteiger partial charge in [-0.25, -0.2) is 0 Å². The first kappa shape index (κ1) is 18.8. The summed E-state index contributed by atoms with van der Waals surface area (Å²) in [5, 5.41) is 2.96. The summed E-state index contributed by atoms with van der Waals surface area (Å²) in [7, 11) is 3.34. The molecule has 0 unspecified atom stereocenters. The van der Waals surface area contributed by atoms with Crippen molar-refractivity contribution in [1.29, 1.82) is 0 Å². The topological polar surface area (TPSA) is 71.8 Å². The van der Waals surface area contributed by atoms with Gasteiger partial charge in [0.25, 0.3) is 5.91 Å². The fraction of sp³-hybridized carbons (Fsp3) is 0.217. The number of fused-ring (bicyclic) bond motifs is 1. The largest absolute Gasteiger partial charge is 0.497 e. The third-order valence-electron chi connectivity index (χ3n) is 5.34. The zero-order valence-electron chi connectivity index (χ0n) is 16.3. The van der Waals surface area contributed by atoms with E-state index < -0.39 is 12.0 Å². The highest BCUT2D eigenvalue weighted by molar-refractivity contribution is 6.01. The first-order chi connectivity index (χ1) is 14.1. The molecule has 2 atom stereocenters. The Labute approximate surface area is 169 Å². The SMILES string of the molecule is COc1ccc([C@H]2[C@@H](C(=O)NCc3ccco3)c3ccccc3C(=O)N2C)cc1. The number of nitrogens with zero attached hydrogens (tertiary/aromatic N) is 1. The summed E-state index contributed by atoms with van der Waals surface area (Å²) < 4.78 is 10.6. The molecule has 0 spiro atoms. The zero-order valence-corrected chi connectivity index (χ0v) is 16.3. The maximum Gasteiger partial charge on any atom is 0.254 e. The molecule has 2 amide bonds. The van der Waals surface area contributed by atoms with Crippen molar-refractivity contribution in [3.8, 4) is 5.75 Å². The molecular weight excluding hydrogens is 368 g/mol. The van der Waals surface area contributed by atoms with Crippen molar-refractivity contribution in [1.82, 2.24) is 10.2 Å². The lowest BCUT2D eigenvalue weighted by molar-refractivity contribution is -0.124. The van der Waals surface area contributed by atoms with Gasteiger partial charge in [-0.15, -0.1) is 0 Å². The van der Waals surface area contributed by atoms with E-state index in [0.29, 0.717) is 11.3 Å². The van der Waals surface area contributed by atoms with E-state index in [4.69, 9.17) is 9.15 Å². The average Bonchev–Trinajstić information content (AvgIpc) is 3.28. The molecule has 1 aliphatic rings. The molecular formula is C23H22N2O4. The van der Waals surface area contributed by atoms with Crippen LogP contribution in [0.3, 0.4) is 0 Å². The van der Waals surface area contributed by atoms with Gasteiger partial charge in [0.15, 0.2) is 0 Å². The molecule has 0 fully saturated rings. The molecule has 2 heterocycles. The van der Waals surface area contributed by atoms with Crippen LogP contribution < -0.4 is 10.1 Å². The molecule has 0 bridgehead atoms. The van der Waals surface area contributed by atoms with Gasteiger partial charge in [-0.3, -0.25) is 9.59 Å². The molecule has 0 aliphatic carbocycles. The van der Waals surface area contributed by atoms with Gasteiger partial charge in [0, 0.05) is 12.6 Å². The Hall–Kier alpha value is -3.54. The van der Waals surface area contributed by atoms with Crippen LogP contribution >= 0.6 is 0 Å². The third-order valence-corrected chi connectivity index (χ3v) is 5.34. The summed E-state index contributed by atoms with van der Waals surface area (Å²) in [5.41, 5.74) is 2.15. The second-order valence-corrected chi connectivity index (χ2v) is 7.00. The Balaban J connectivity index is 1.73. The monoisotopic (exact) mass is 390 g/mol. The summed E-state index contributed by atoms with van der Waals surface area (Å²) in [4.78, 5) is 27.9. The molecule has 2 aromatic carbocycles. The van der Waals surface area contributed by atoms with Gasteiger partial charge in [0.1, 0.15) is 11.5 Å². The second-order valence-electron chi connectivity index (χ2n) is 7.00. The first-order valence-corrected chi connectivity index (χ1v) is 9.40. The molecule has 0 saturated heterocycles. The quantitative estimate of drug-likeness (QED) is 0.724. The predicted octanol–water partition coefficient (Wildman–Crippen LogP) is 3.52. The molecule has 0 radical (unpaired) electrons. The number of furan rings is 1. The molecule has 6 nitrogen and oxygen atoms in total. The number of hydrogen-bond acceptors (Lipinski definition) is 4. The van der Waals surface area contributed by atoms with E-state index in [1.165, 1.54) is 0 Å². The van der Waals surface area contributed by atoms with E-state index in [9.17, 15) is 9.59 Å². The van der Waals surface area contributed by atoms with E-state index in [1.807, 2.05) is 48.5 Å². The highest BCUT2D eigenvalue weighted by Crippen LogP contribution is 2.42. The van der Waals surface area contributed by atoms with Gasteiger partial charge >= 0.3 is 0 Å². The number of ether oxygens (including phenoxy) is 1. The van der Waals surface area contributed by atoms with Crippen LogP contribution in [0.1, 0.15) is 39.2 Å². The average molecular weight is 390 g/mol. The van der Waals surface area contributed by atoms with E-state index in [-0.39, 0.29) is 18.4 Å². The van der Waals surface area contributed by atoms with E-state index >= 15 is 0 Å². The Morgan fingerprint density at radius 1 is 1.10 bits per heavy atom. The molecule has 1 N–H and O–H groups in total. The molecule has 3 aromatic rings. The fourth-order valence-electron chi connectivity index (χ4n) is 3.87. The normalized spacial score (nSPS) is 18.3. The number of nitrogens with one attached hydrogen (secondary N) is 1. The van der Waals surface area contributed by atoms with Crippen molar-refractivity contribution in [2.45, 2.75) is 18.5 Å². The Morgan fingerprint density at radius 2 is 1.86 bits per heavy atom. The highest BCUT2D eigenvalue weighted by atomic mass is 16.5. The zero-order chi connectivity index (χ0) is 20.4. The summed E-state index contributed by atoms with van der Waals surface area (Å²) in [5.74, 6) is 0.591. The number of methoxy groups -OCH3 is 1. The van der Waals surface area contributed by atoms with Crippen molar-refractivity contribution in [3.05, 3.63) is 89.4 Å². The number of likely N-dealkylation sites (N-methyl/N-ethyl adjacent to an activating group) is 1. The second kappa shape index (κ2) is 7.83. The van der Waals surface area contributed by atoms with Gasteiger partial charge in [0.2, 0.25) is 5.91 Å². The number of rotatable bonds is 5. The molecule has 148 valence electrons.